The van der Waals surface area contributed by atoms with Crippen LogP contribution in [-0.4, -0.2) is 34.9 Å². The molecule has 0 saturated carbocycles. The molecule has 1 fully saturated rings. The normalized spacial score (nSPS) is 22.3. The Balaban J connectivity index is 2.77. The van der Waals surface area contributed by atoms with Crippen molar-refractivity contribution in [3.63, 3.8) is 0 Å². The Morgan fingerprint density at radius 1 is 1.77 bits per heavy atom. The molecule has 0 N–H and O–H groups in total. The highest BCUT2D eigenvalue weighted by molar-refractivity contribution is 9.09. The molecule has 0 unspecified atom stereocenters. The zero-order valence-electron chi connectivity index (χ0n) is 7.62. The highest BCUT2D eigenvalue weighted by Crippen LogP contribution is 2.19. The molecule has 1 heterocycles. The molecule has 0 aromatic carbocycles. The SMILES string of the molecule is CC(C)[C@H]1COC(=O)N1C(=O)CBr. The van der Waals surface area contributed by atoms with Gasteiger partial charge >= 0.3 is 6.09 Å². The van der Waals surface area contributed by atoms with Crippen LogP contribution in [0.2, 0.25) is 0 Å². The van der Waals surface area contributed by atoms with E-state index in [-0.39, 0.29) is 23.2 Å². The van der Waals surface area contributed by atoms with Crippen LogP contribution in [-0.2, 0) is 9.53 Å². The van der Waals surface area contributed by atoms with Gasteiger partial charge in [-0.25, -0.2) is 9.69 Å². The maximum absolute atomic E-state index is 11.3. The number of alkyl halides is 1. The van der Waals surface area contributed by atoms with Crippen molar-refractivity contribution in [3.8, 4) is 0 Å². The maximum atomic E-state index is 11.3. The molecule has 5 heteroatoms. The molecular weight excluding hydrogens is 238 g/mol. The molecule has 0 aliphatic carbocycles. The van der Waals surface area contributed by atoms with E-state index in [0.717, 1.165) is 0 Å². The first kappa shape index (κ1) is 10.5. The first-order valence-corrected chi connectivity index (χ1v) is 5.25. The summed E-state index contributed by atoms with van der Waals surface area (Å²) in [5.41, 5.74) is 0. The van der Waals surface area contributed by atoms with E-state index in [2.05, 4.69) is 15.9 Å². The number of rotatable bonds is 2. The lowest BCUT2D eigenvalue weighted by molar-refractivity contribution is -0.126. The molecule has 2 amide bonds. The minimum Gasteiger partial charge on any atom is -0.447 e. The van der Waals surface area contributed by atoms with Gasteiger partial charge in [0, 0.05) is 0 Å². The lowest BCUT2D eigenvalue weighted by Gasteiger charge is -2.21. The van der Waals surface area contributed by atoms with Crippen molar-refractivity contribution in [2.75, 3.05) is 11.9 Å². The van der Waals surface area contributed by atoms with Crippen LogP contribution in [0.15, 0.2) is 0 Å². The van der Waals surface area contributed by atoms with E-state index >= 15 is 0 Å². The maximum Gasteiger partial charge on any atom is 0.417 e. The summed E-state index contributed by atoms with van der Waals surface area (Å²) in [6.07, 6.45) is -0.525. The van der Waals surface area contributed by atoms with Gasteiger partial charge in [0.05, 0.1) is 11.4 Å². The van der Waals surface area contributed by atoms with E-state index in [9.17, 15) is 9.59 Å². The number of ether oxygens (including phenoxy) is 1. The van der Waals surface area contributed by atoms with Gasteiger partial charge in [-0.2, -0.15) is 0 Å². The minimum absolute atomic E-state index is 0.113. The van der Waals surface area contributed by atoms with E-state index in [4.69, 9.17) is 4.74 Å². The Hall–Kier alpha value is -0.580. The van der Waals surface area contributed by atoms with Crippen molar-refractivity contribution in [1.82, 2.24) is 4.90 Å². The highest BCUT2D eigenvalue weighted by atomic mass is 79.9. The molecule has 0 bridgehead atoms. The summed E-state index contributed by atoms with van der Waals surface area (Å²) in [5, 5.41) is 0.158. The predicted molar refractivity (Wildman–Crippen MR) is 50.6 cm³/mol. The average molecular weight is 250 g/mol. The molecule has 0 spiro atoms. The monoisotopic (exact) mass is 249 g/mol. The van der Waals surface area contributed by atoms with Gasteiger partial charge in [-0.05, 0) is 5.92 Å². The van der Waals surface area contributed by atoms with E-state index < -0.39 is 6.09 Å². The number of halogens is 1. The van der Waals surface area contributed by atoms with Crippen LogP contribution in [0.4, 0.5) is 4.79 Å². The minimum atomic E-state index is -0.525. The standard InChI is InChI=1S/C8H12BrNO3/c1-5(2)6-4-13-8(12)10(6)7(11)3-9/h5-6H,3-4H2,1-2H3/t6-/m1/s1. The molecule has 1 saturated heterocycles. The summed E-state index contributed by atoms with van der Waals surface area (Å²) >= 11 is 3.03. The summed E-state index contributed by atoms with van der Waals surface area (Å²) in [5.74, 6) is -0.00403. The van der Waals surface area contributed by atoms with Crippen LogP contribution in [0.3, 0.4) is 0 Å². The third-order valence-electron chi connectivity index (χ3n) is 2.06. The van der Waals surface area contributed by atoms with Crippen molar-refractivity contribution in [1.29, 1.82) is 0 Å². The van der Waals surface area contributed by atoms with E-state index in [0.29, 0.717) is 6.61 Å². The number of hydrogen-bond acceptors (Lipinski definition) is 3. The van der Waals surface area contributed by atoms with Crippen LogP contribution in [0.5, 0.6) is 0 Å². The van der Waals surface area contributed by atoms with E-state index in [1.807, 2.05) is 13.8 Å². The number of hydrogen-bond donors (Lipinski definition) is 0. The van der Waals surface area contributed by atoms with E-state index in [1.54, 1.807) is 0 Å². The summed E-state index contributed by atoms with van der Waals surface area (Å²) in [4.78, 5) is 23.7. The van der Waals surface area contributed by atoms with E-state index in [1.165, 1.54) is 4.90 Å². The van der Waals surface area contributed by atoms with Gasteiger partial charge < -0.3 is 4.74 Å². The van der Waals surface area contributed by atoms with Gasteiger partial charge in [-0.1, -0.05) is 29.8 Å². The number of imide groups is 1. The zero-order valence-corrected chi connectivity index (χ0v) is 9.20. The first-order valence-electron chi connectivity index (χ1n) is 4.12. The smallest absolute Gasteiger partial charge is 0.417 e. The van der Waals surface area contributed by atoms with Crippen LogP contribution in [0, 0.1) is 5.92 Å². The Morgan fingerprint density at radius 3 is 2.85 bits per heavy atom. The highest BCUT2D eigenvalue weighted by Gasteiger charge is 2.38. The molecule has 4 nitrogen and oxygen atoms in total. The fourth-order valence-corrected chi connectivity index (χ4v) is 1.55. The lowest BCUT2D eigenvalue weighted by atomic mass is 10.1. The van der Waals surface area contributed by atoms with Gasteiger partial charge in [0.15, 0.2) is 0 Å². The van der Waals surface area contributed by atoms with Crippen molar-refractivity contribution >= 4 is 27.9 Å². The van der Waals surface area contributed by atoms with Gasteiger partial charge in [-0.3, -0.25) is 4.79 Å². The molecule has 1 aliphatic rings. The molecule has 1 atom stereocenters. The predicted octanol–water partition coefficient (Wildman–Crippen LogP) is 1.38. The number of carbonyl (C=O) groups is 2. The Kier molecular flexibility index (Phi) is 3.30. The molecule has 1 rings (SSSR count). The van der Waals surface area contributed by atoms with Gasteiger partial charge in [0.25, 0.3) is 0 Å². The number of amides is 2. The molecule has 0 aromatic rings. The second-order valence-corrected chi connectivity index (χ2v) is 3.85. The third kappa shape index (κ3) is 2.02. The second-order valence-electron chi connectivity index (χ2n) is 3.29. The largest absolute Gasteiger partial charge is 0.447 e. The number of carbonyl (C=O) groups excluding carboxylic acids is 2. The average Bonchev–Trinajstić information content (AvgIpc) is 2.46. The second kappa shape index (κ2) is 4.09. The van der Waals surface area contributed by atoms with Gasteiger partial charge in [0.1, 0.15) is 6.61 Å². The molecule has 74 valence electrons. The van der Waals surface area contributed by atoms with Crippen LogP contribution < -0.4 is 0 Å². The van der Waals surface area contributed by atoms with Crippen molar-refractivity contribution in [2.24, 2.45) is 5.92 Å². The molecule has 13 heavy (non-hydrogen) atoms. The van der Waals surface area contributed by atoms with Gasteiger partial charge in [0.2, 0.25) is 5.91 Å². The molecule has 0 radical (unpaired) electrons. The number of nitrogens with zero attached hydrogens (tertiary/aromatic N) is 1. The van der Waals surface area contributed by atoms with Crippen LogP contribution >= 0.6 is 15.9 Å². The molecular formula is C8H12BrNO3. The lowest BCUT2D eigenvalue weighted by Crippen LogP contribution is -2.42. The summed E-state index contributed by atoms with van der Waals surface area (Å²) in [6.45, 7) is 4.23. The third-order valence-corrected chi connectivity index (χ3v) is 2.54. The van der Waals surface area contributed by atoms with Crippen LogP contribution in [0.1, 0.15) is 13.8 Å². The molecule has 0 aromatic heterocycles. The fraction of sp³-hybridized carbons (Fsp3) is 0.750. The summed E-state index contributed by atoms with van der Waals surface area (Å²) in [7, 11) is 0. The Labute approximate surface area is 85.4 Å². The Morgan fingerprint density at radius 2 is 2.38 bits per heavy atom. The van der Waals surface area contributed by atoms with Crippen molar-refractivity contribution in [3.05, 3.63) is 0 Å². The first-order chi connectivity index (χ1) is 6.07. The van der Waals surface area contributed by atoms with Crippen molar-refractivity contribution in [2.45, 2.75) is 19.9 Å². The zero-order chi connectivity index (χ0) is 10.0. The quantitative estimate of drug-likeness (QED) is 0.695. The fourth-order valence-electron chi connectivity index (χ4n) is 1.28. The molecule has 1 aliphatic heterocycles. The summed E-state index contributed by atoms with van der Waals surface area (Å²) in [6, 6.07) is -0.113. The van der Waals surface area contributed by atoms with Crippen LogP contribution in [0.25, 0.3) is 0 Å². The Bertz CT molecular complexity index is 229. The summed E-state index contributed by atoms with van der Waals surface area (Å²) < 4.78 is 4.81. The number of cyclic esters (lactones) is 1. The topological polar surface area (TPSA) is 46.6 Å². The van der Waals surface area contributed by atoms with Crippen molar-refractivity contribution < 1.29 is 14.3 Å². The van der Waals surface area contributed by atoms with Gasteiger partial charge in [-0.15, -0.1) is 0 Å².